The monoisotopic (exact) mass is 399 g/mol. The maximum Gasteiger partial charge on any atom is 0.147 e. The quantitative estimate of drug-likeness (QED) is 0.321. The first-order valence-electron chi connectivity index (χ1n) is 11.0. The van der Waals surface area contributed by atoms with Gasteiger partial charge in [-0.25, -0.2) is 4.98 Å². The van der Waals surface area contributed by atoms with Crippen LogP contribution in [0.2, 0.25) is 0 Å². The molecule has 3 aromatic heterocycles. The second kappa shape index (κ2) is 5.43. The molecule has 3 heterocycles. The highest BCUT2D eigenvalue weighted by atomic mass is 15.0. The van der Waals surface area contributed by atoms with Crippen molar-refractivity contribution in [3.05, 3.63) is 53.3 Å². The Labute approximate surface area is 179 Å². The predicted molar refractivity (Wildman–Crippen MR) is 127 cm³/mol. The summed E-state index contributed by atoms with van der Waals surface area (Å²) in [6.45, 7) is 21.0. The van der Waals surface area contributed by atoms with Crippen molar-refractivity contribution >= 4 is 27.6 Å². The van der Waals surface area contributed by atoms with E-state index in [0.29, 0.717) is 0 Å². The fraction of sp³-hybridized carbons (Fsp3) is 0.481. The van der Waals surface area contributed by atoms with Crippen molar-refractivity contribution in [3.63, 3.8) is 0 Å². The number of fused-ring (bicyclic) bond motifs is 6. The summed E-state index contributed by atoms with van der Waals surface area (Å²) in [5, 5.41) is 1.11. The van der Waals surface area contributed by atoms with E-state index in [0.717, 1.165) is 27.8 Å². The van der Waals surface area contributed by atoms with Crippen LogP contribution in [0.15, 0.2) is 36.5 Å². The van der Waals surface area contributed by atoms with E-state index >= 15 is 0 Å². The van der Waals surface area contributed by atoms with Gasteiger partial charge in [0.25, 0.3) is 0 Å². The van der Waals surface area contributed by atoms with Crippen LogP contribution in [0.5, 0.6) is 0 Å². The van der Waals surface area contributed by atoms with E-state index in [1.54, 1.807) is 0 Å². The lowest BCUT2D eigenvalue weighted by atomic mass is 9.59. The van der Waals surface area contributed by atoms with Gasteiger partial charge in [0.05, 0.1) is 16.6 Å². The lowest BCUT2D eigenvalue weighted by molar-refractivity contribution is 0.125. The number of aromatic nitrogens is 3. The summed E-state index contributed by atoms with van der Waals surface area (Å²) in [6.07, 6.45) is 2.14. The second-order valence-electron chi connectivity index (χ2n) is 11.8. The minimum atomic E-state index is 0.0330. The number of nitrogens with zero attached hydrogens (tertiary/aromatic N) is 3. The molecule has 4 aromatic rings. The summed E-state index contributed by atoms with van der Waals surface area (Å²) in [4.78, 5) is 10.0. The molecule has 1 aromatic carbocycles. The molecule has 5 rings (SSSR count). The summed E-state index contributed by atoms with van der Waals surface area (Å²) in [5.74, 6) is 0. The maximum atomic E-state index is 5.10. The first-order valence-corrected chi connectivity index (χ1v) is 11.0. The van der Waals surface area contributed by atoms with Gasteiger partial charge in [0, 0.05) is 22.7 Å². The number of hydrogen-bond acceptors (Lipinski definition) is 2. The fourth-order valence-electron chi connectivity index (χ4n) is 5.32. The molecule has 1 aliphatic carbocycles. The molecule has 1 aliphatic rings. The number of hydrogen-bond donors (Lipinski definition) is 0. The summed E-state index contributed by atoms with van der Waals surface area (Å²) in [7, 11) is 0. The van der Waals surface area contributed by atoms with Crippen molar-refractivity contribution in [1.29, 1.82) is 0 Å². The lowest BCUT2D eigenvalue weighted by Gasteiger charge is -2.44. The predicted octanol–water partition coefficient (Wildman–Crippen LogP) is 6.93. The normalized spacial score (nSPS) is 19.6. The average molecular weight is 400 g/mol. The van der Waals surface area contributed by atoms with E-state index < -0.39 is 0 Å². The second-order valence-corrected chi connectivity index (χ2v) is 11.8. The number of rotatable bonds is 0. The van der Waals surface area contributed by atoms with E-state index in [1.165, 1.54) is 16.6 Å². The van der Waals surface area contributed by atoms with E-state index in [9.17, 15) is 0 Å². The minimum absolute atomic E-state index is 0.0330. The van der Waals surface area contributed by atoms with Crippen LogP contribution in [0.3, 0.4) is 0 Å². The molecule has 0 unspecified atom stereocenters. The van der Waals surface area contributed by atoms with Gasteiger partial charge in [0.15, 0.2) is 0 Å². The van der Waals surface area contributed by atoms with Crippen LogP contribution in [0.4, 0.5) is 0 Å². The van der Waals surface area contributed by atoms with Crippen molar-refractivity contribution < 1.29 is 0 Å². The van der Waals surface area contributed by atoms with E-state index in [4.69, 9.17) is 9.97 Å². The SMILES string of the molecule is CC(C)(C)c1ccc2c(ccn3c4cc5c(cc4nc23)C(C)(C)C(C)(C)C5(C)C)n1. The van der Waals surface area contributed by atoms with Gasteiger partial charge in [-0.3, -0.25) is 9.38 Å². The molecule has 0 fully saturated rings. The summed E-state index contributed by atoms with van der Waals surface area (Å²) >= 11 is 0. The lowest BCUT2D eigenvalue weighted by Crippen LogP contribution is -2.42. The molecule has 156 valence electrons. The molecule has 0 bridgehead atoms. The standard InChI is InChI=1S/C27H33N3/c1-24(2,3)22-11-10-16-19(28-22)12-13-30-21-15-18-17(14-20(21)29-23(16)30)25(4,5)27(8,9)26(18,6)7/h10-15H,1-9H3. The third kappa shape index (κ3) is 2.21. The zero-order valence-corrected chi connectivity index (χ0v) is 19.8. The van der Waals surface area contributed by atoms with Gasteiger partial charge in [0.1, 0.15) is 5.65 Å². The first kappa shape index (κ1) is 19.5. The molecule has 30 heavy (non-hydrogen) atoms. The van der Waals surface area contributed by atoms with Gasteiger partial charge in [-0.2, -0.15) is 0 Å². The Morgan fingerprint density at radius 1 is 0.767 bits per heavy atom. The van der Waals surface area contributed by atoms with Crippen LogP contribution in [-0.2, 0) is 16.2 Å². The molecule has 0 amide bonds. The summed E-state index contributed by atoms with van der Waals surface area (Å²) in [6, 6.07) is 11.2. The molecule has 0 radical (unpaired) electrons. The van der Waals surface area contributed by atoms with Crippen LogP contribution >= 0.6 is 0 Å². The van der Waals surface area contributed by atoms with Gasteiger partial charge in [-0.05, 0) is 57.7 Å². The van der Waals surface area contributed by atoms with Crippen LogP contribution in [0, 0.1) is 5.41 Å². The Hall–Kier alpha value is -2.42. The average Bonchev–Trinajstić information content (AvgIpc) is 3.07. The molecule has 0 atom stereocenters. The summed E-state index contributed by atoms with van der Waals surface area (Å²) in [5.41, 5.74) is 8.63. The third-order valence-corrected chi connectivity index (χ3v) is 8.62. The Kier molecular flexibility index (Phi) is 3.54. The molecule has 3 heteroatoms. The molecule has 0 spiro atoms. The van der Waals surface area contributed by atoms with Gasteiger partial charge >= 0.3 is 0 Å². The Bertz CT molecular complexity index is 1340. The molecular weight excluding hydrogens is 366 g/mol. The smallest absolute Gasteiger partial charge is 0.147 e. The minimum Gasteiger partial charge on any atom is -0.299 e. The Morgan fingerprint density at radius 3 is 2.03 bits per heavy atom. The van der Waals surface area contributed by atoms with E-state index in [1.807, 2.05) is 0 Å². The Balaban J connectivity index is 1.83. The van der Waals surface area contributed by atoms with Crippen LogP contribution in [-0.4, -0.2) is 14.4 Å². The van der Waals surface area contributed by atoms with Crippen molar-refractivity contribution in [2.45, 2.75) is 78.6 Å². The van der Waals surface area contributed by atoms with Crippen molar-refractivity contribution in [2.75, 3.05) is 0 Å². The van der Waals surface area contributed by atoms with Gasteiger partial charge in [-0.15, -0.1) is 0 Å². The van der Waals surface area contributed by atoms with Crippen LogP contribution in [0.25, 0.3) is 27.6 Å². The highest BCUT2D eigenvalue weighted by Gasteiger charge is 2.56. The topological polar surface area (TPSA) is 30.2 Å². The molecule has 0 saturated carbocycles. The molecule has 0 N–H and O–H groups in total. The molecule has 0 aliphatic heterocycles. The Morgan fingerprint density at radius 2 is 1.40 bits per heavy atom. The summed E-state index contributed by atoms with van der Waals surface area (Å²) < 4.78 is 2.24. The highest BCUT2D eigenvalue weighted by Crippen LogP contribution is 2.61. The fourth-order valence-corrected chi connectivity index (χ4v) is 5.32. The molecule has 3 nitrogen and oxygen atoms in total. The zero-order chi connectivity index (χ0) is 21.9. The maximum absolute atomic E-state index is 5.10. The largest absolute Gasteiger partial charge is 0.299 e. The highest BCUT2D eigenvalue weighted by molar-refractivity contribution is 5.97. The first-order chi connectivity index (χ1) is 13.8. The van der Waals surface area contributed by atoms with Crippen LogP contribution in [0.1, 0.15) is 79.1 Å². The molecular formula is C27H33N3. The number of pyridine rings is 2. The van der Waals surface area contributed by atoms with Gasteiger partial charge < -0.3 is 0 Å². The number of benzene rings is 1. The van der Waals surface area contributed by atoms with Crippen molar-refractivity contribution in [3.8, 4) is 0 Å². The van der Waals surface area contributed by atoms with Crippen LogP contribution < -0.4 is 0 Å². The van der Waals surface area contributed by atoms with Crippen molar-refractivity contribution in [2.24, 2.45) is 5.41 Å². The van der Waals surface area contributed by atoms with E-state index in [-0.39, 0.29) is 21.7 Å². The number of imidazole rings is 1. The third-order valence-electron chi connectivity index (χ3n) is 8.62. The molecule has 0 saturated heterocycles. The van der Waals surface area contributed by atoms with Gasteiger partial charge in [0.2, 0.25) is 0 Å². The van der Waals surface area contributed by atoms with Crippen molar-refractivity contribution in [1.82, 2.24) is 14.4 Å². The van der Waals surface area contributed by atoms with E-state index in [2.05, 4.69) is 103 Å². The zero-order valence-electron chi connectivity index (χ0n) is 19.8. The van der Waals surface area contributed by atoms with Gasteiger partial charge in [-0.1, -0.05) is 62.3 Å².